The predicted octanol–water partition coefficient (Wildman–Crippen LogP) is 2.94. The zero-order valence-electron chi connectivity index (χ0n) is 12.3. The summed E-state index contributed by atoms with van der Waals surface area (Å²) >= 11 is 1.55. The third kappa shape index (κ3) is 4.31. The minimum Gasteiger partial charge on any atom is -0.383 e. The summed E-state index contributed by atoms with van der Waals surface area (Å²) in [6.07, 6.45) is 0.972. The number of aliphatic hydroxyl groups is 1. The van der Waals surface area contributed by atoms with Crippen molar-refractivity contribution in [3.8, 4) is 0 Å². The van der Waals surface area contributed by atoms with Gasteiger partial charge < -0.3 is 16.2 Å². The quantitative estimate of drug-likeness (QED) is 0.587. The zero-order valence-corrected chi connectivity index (χ0v) is 13.2. The smallest absolute Gasteiger partial charge is 0.193 e. The van der Waals surface area contributed by atoms with E-state index >= 15 is 0 Å². The Labute approximate surface area is 129 Å². The molecule has 0 aliphatic heterocycles. The van der Waals surface area contributed by atoms with Crippen molar-refractivity contribution in [2.24, 2.45) is 10.7 Å². The van der Waals surface area contributed by atoms with E-state index in [1.54, 1.807) is 18.3 Å². The van der Waals surface area contributed by atoms with Crippen LogP contribution in [0.1, 0.15) is 25.0 Å². The number of rotatable bonds is 5. The number of hydrogen-bond donors (Lipinski definition) is 3. The first-order valence-electron chi connectivity index (χ1n) is 6.92. The maximum atomic E-state index is 10.4. The summed E-state index contributed by atoms with van der Waals surface area (Å²) in [6.45, 7) is 4.06. The van der Waals surface area contributed by atoms with Crippen LogP contribution in [0.15, 0.2) is 46.1 Å². The summed E-state index contributed by atoms with van der Waals surface area (Å²) in [7, 11) is 0. The van der Waals surface area contributed by atoms with Gasteiger partial charge in [-0.25, -0.2) is 4.99 Å². The average molecular weight is 303 g/mol. The van der Waals surface area contributed by atoms with Gasteiger partial charge in [0.2, 0.25) is 0 Å². The molecule has 1 atom stereocenters. The number of nitrogens with zero attached hydrogens (tertiary/aromatic N) is 1. The van der Waals surface area contributed by atoms with Gasteiger partial charge in [-0.3, -0.25) is 0 Å². The van der Waals surface area contributed by atoms with Gasteiger partial charge in [-0.1, -0.05) is 19.1 Å². The predicted molar refractivity (Wildman–Crippen MR) is 89.8 cm³/mol. The van der Waals surface area contributed by atoms with Gasteiger partial charge in [0, 0.05) is 5.69 Å². The van der Waals surface area contributed by atoms with E-state index in [4.69, 9.17) is 5.73 Å². The van der Waals surface area contributed by atoms with E-state index in [9.17, 15) is 5.11 Å². The van der Waals surface area contributed by atoms with Gasteiger partial charge in [0.1, 0.15) is 5.60 Å². The maximum absolute atomic E-state index is 10.4. The number of hydrogen-bond acceptors (Lipinski definition) is 3. The Morgan fingerprint density at radius 2 is 2.24 bits per heavy atom. The summed E-state index contributed by atoms with van der Waals surface area (Å²) in [6, 6.07) is 9.93. The van der Waals surface area contributed by atoms with Crippen LogP contribution in [0.25, 0.3) is 0 Å². The van der Waals surface area contributed by atoms with Crippen molar-refractivity contribution in [2.45, 2.75) is 25.9 Å². The van der Waals surface area contributed by atoms with Crippen LogP contribution in [0.2, 0.25) is 0 Å². The van der Waals surface area contributed by atoms with Crippen molar-refractivity contribution < 1.29 is 5.11 Å². The molecule has 1 unspecified atom stereocenters. The summed E-state index contributed by atoms with van der Waals surface area (Å²) in [5, 5.41) is 17.3. The highest BCUT2D eigenvalue weighted by molar-refractivity contribution is 7.08. The molecular weight excluding hydrogens is 282 g/mol. The molecule has 1 aromatic carbocycles. The molecule has 0 saturated carbocycles. The fraction of sp³-hybridized carbons (Fsp3) is 0.312. The molecule has 21 heavy (non-hydrogen) atoms. The Morgan fingerprint density at radius 3 is 2.90 bits per heavy atom. The van der Waals surface area contributed by atoms with Gasteiger partial charge in [0.25, 0.3) is 0 Å². The van der Waals surface area contributed by atoms with Crippen molar-refractivity contribution >= 4 is 23.0 Å². The Kier molecular flexibility index (Phi) is 4.98. The second-order valence-corrected chi connectivity index (χ2v) is 5.95. The fourth-order valence-electron chi connectivity index (χ4n) is 1.96. The van der Waals surface area contributed by atoms with E-state index in [2.05, 4.69) is 23.3 Å². The van der Waals surface area contributed by atoms with Crippen LogP contribution in [0.3, 0.4) is 0 Å². The van der Waals surface area contributed by atoms with Crippen LogP contribution in [-0.2, 0) is 12.0 Å². The van der Waals surface area contributed by atoms with Crippen molar-refractivity contribution in [1.82, 2.24) is 0 Å². The lowest BCUT2D eigenvalue weighted by molar-refractivity contribution is 0.0678. The Bertz CT molecular complexity index is 606. The Hall–Kier alpha value is -1.85. The molecule has 2 aromatic rings. The summed E-state index contributed by atoms with van der Waals surface area (Å²) < 4.78 is 0. The number of aliphatic imine (C=N–C) groups is 1. The standard InChI is InChI=1S/C16H21N3OS/c1-3-12-5-4-6-14(9-12)19-15(17)18-11-16(2,20)13-7-8-21-10-13/h4-10,20H,3,11H2,1-2H3,(H3,17,18,19). The lowest BCUT2D eigenvalue weighted by Gasteiger charge is -2.20. The van der Waals surface area contributed by atoms with Crippen molar-refractivity contribution in [3.05, 3.63) is 52.2 Å². The highest BCUT2D eigenvalue weighted by Crippen LogP contribution is 2.23. The third-order valence-electron chi connectivity index (χ3n) is 3.31. The molecule has 0 bridgehead atoms. The van der Waals surface area contributed by atoms with E-state index in [1.807, 2.05) is 35.0 Å². The molecule has 1 aromatic heterocycles. The second kappa shape index (κ2) is 6.74. The third-order valence-corrected chi connectivity index (χ3v) is 3.99. The SMILES string of the molecule is CCc1cccc(NC(N)=NCC(C)(O)c2ccsc2)c1. The van der Waals surface area contributed by atoms with Crippen LogP contribution in [0.5, 0.6) is 0 Å². The van der Waals surface area contributed by atoms with Gasteiger partial charge in [-0.2, -0.15) is 11.3 Å². The molecule has 0 spiro atoms. The summed E-state index contributed by atoms with van der Waals surface area (Å²) in [4.78, 5) is 4.24. The Morgan fingerprint density at radius 1 is 1.43 bits per heavy atom. The molecule has 4 nitrogen and oxygen atoms in total. The van der Waals surface area contributed by atoms with E-state index in [-0.39, 0.29) is 6.54 Å². The number of guanidine groups is 1. The van der Waals surface area contributed by atoms with Gasteiger partial charge in [-0.05, 0) is 53.4 Å². The highest BCUT2D eigenvalue weighted by Gasteiger charge is 2.23. The topological polar surface area (TPSA) is 70.6 Å². The number of anilines is 1. The largest absolute Gasteiger partial charge is 0.383 e. The fourth-order valence-corrected chi connectivity index (χ4v) is 2.74. The molecule has 0 aliphatic carbocycles. The molecule has 1 heterocycles. The monoisotopic (exact) mass is 303 g/mol. The van der Waals surface area contributed by atoms with Gasteiger partial charge in [0.15, 0.2) is 5.96 Å². The molecule has 112 valence electrons. The molecule has 2 rings (SSSR count). The average Bonchev–Trinajstić information content (AvgIpc) is 3.00. The van der Waals surface area contributed by atoms with Crippen LogP contribution < -0.4 is 11.1 Å². The molecule has 0 saturated heterocycles. The number of thiophene rings is 1. The molecule has 0 fully saturated rings. The minimum atomic E-state index is -1.00. The zero-order chi connectivity index (χ0) is 15.3. The molecule has 5 heteroatoms. The van der Waals surface area contributed by atoms with Crippen molar-refractivity contribution in [2.75, 3.05) is 11.9 Å². The molecular formula is C16H21N3OS. The van der Waals surface area contributed by atoms with Crippen LogP contribution in [0, 0.1) is 0 Å². The minimum absolute atomic E-state index is 0.218. The van der Waals surface area contributed by atoms with Gasteiger partial charge in [-0.15, -0.1) is 0 Å². The lowest BCUT2D eigenvalue weighted by Crippen LogP contribution is -2.29. The molecule has 0 radical (unpaired) electrons. The first-order valence-corrected chi connectivity index (χ1v) is 7.86. The van der Waals surface area contributed by atoms with Crippen LogP contribution >= 0.6 is 11.3 Å². The second-order valence-electron chi connectivity index (χ2n) is 5.17. The number of nitrogens with one attached hydrogen (secondary N) is 1. The van der Waals surface area contributed by atoms with Gasteiger partial charge in [0.05, 0.1) is 6.54 Å². The van der Waals surface area contributed by atoms with E-state index < -0.39 is 5.60 Å². The van der Waals surface area contributed by atoms with E-state index in [0.717, 1.165) is 17.7 Å². The molecule has 0 amide bonds. The maximum Gasteiger partial charge on any atom is 0.193 e. The first-order chi connectivity index (χ1) is 10.0. The van der Waals surface area contributed by atoms with Crippen LogP contribution in [0.4, 0.5) is 5.69 Å². The lowest BCUT2D eigenvalue weighted by atomic mass is 10.00. The first kappa shape index (κ1) is 15.5. The molecule has 4 N–H and O–H groups in total. The van der Waals surface area contributed by atoms with Crippen LogP contribution in [-0.4, -0.2) is 17.6 Å². The number of benzene rings is 1. The summed E-state index contributed by atoms with van der Waals surface area (Å²) in [5.41, 5.74) is 7.89. The molecule has 0 aliphatic rings. The summed E-state index contributed by atoms with van der Waals surface area (Å²) in [5.74, 6) is 0.304. The normalized spacial score (nSPS) is 14.7. The van der Waals surface area contributed by atoms with E-state index in [0.29, 0.717) is 5.96 Å². The van der Waals surface area contributed by atoms with E-state index in [1.165, 1.54) is 5.56 Å². The van der Waals surface area contributed by atoms with Crippen molar-refractivity contribution in [1.29, 1.82) is 0 Å². The Balaban J connectivity index is 2.01. The highest BCUT2D eigenvalue weighted by atomic mass is 32.1. The van der Waals surface area contributed by atoms with Crippen molar-refractivity contribution in [3.63, 3.8) is 0 Å². The van der Waals surface area contributed by atoms with Gasteiger partial charge >= 0.3 is 0 Å². The number of nitrogens with two attached hydrogens (primary N) is 1. The number of aryl methyl sites for hydroxylation is 1.